The Morgan fingerprint density at radius 2 is 2.05 bits per heavy atom. The summed E-state index contributed by atoms with van der Waals surface area (Å²) < 4.78 is 4.78. The minimum Gasteiger partial charge on any atom is -0.469 e. The van der Waals surface area contributed by atoms with Crippen molar-refractivity contribution < 1.29 is 14.6 Å². The molecule has 1 fully saturated rings. The standard InChI is InChI=1S/C16H22ClNO3/c1-21-16(20)11-6-8-12(9-7-11)18-10-15(19)13-4-2-3-5-14(13)17/h2-5,11-12,15,18-19H,6-10H2,1H3/t11?,12?,15-/m0/s1. The number of ether oxygens (including phenoxy) is 1. The fourth-order valence-electron chi connectivity index (χ4n) is 2.83. The molecule has 4 nitrogen and oxygen atoms in total. The van der Waals surface area contributed by atoms with Crippen molar-refractivity contribution in [1.29, 1.82) is 0 Å². The van der Waals surface area contributed by atoms with Crippen LogP contribution >= 0.6 is 11.6 Å². The Labute approximate surface area is 130 Å². The third-order valence-corrected chi connectivity index (χ3v) is 4.47. The van der Waals surface area contributed by atoms with E-state index in [1.165, 1.54) is 7.11 Å². The van der Waals surface area contributed by atoms with Gasteiger partial charge in [0.15, 0.2) is 0 Å². The first-order valence-electron chi connectivity index (χ1n) is 7.35. The molecule has 1 aromatic rings. The number of carbonyl (C=O) groups excluding carboxylic acids is 1. The Morgan fingerprint density at radius 1 is 1.38 bits per heavy atom. The van der Waals surface area contributed by atoms with Crippen molar-refractivity contribution in [2.24, 2.45) is 5.92 Å². The Balaban J connectivity index is 1.77. The number of nitrogens with one attached hydrogen (secondary N) is 1. The molecule has 0 heterocycles. The van der Waals surface area contributed by atoms with Crippen LogP contribution in [0.15, 0.2) is 24.3 Å². The van der Waals surface area contributed by atoms with E-state index in [9.17, 15) is 9.90 Å². The summed E-state index contributed by atoms with van der Waals surface area (Å²) in [5.41, 5.74) is 0.745. The molecule has 1 aliphatic rings. The maximum Gasteiger partial charge on any atom is 0.308 e. The second-order valence-corrected chi connectivity index (χ2v) is 5.92. The number of methoxy groups -OCH3 is 1. The zero-order chi connectivity index (χ0) is 15.2. The zero-order valence-electron chi connectivity index (χ0n) is 12.2. The van der Waals surface area contributed by atoms with Gasteiger partial charge in [-0.2, -0.15) is 0 Å². The number of aliphatic hydroxyl groups excluding tert-OH is 1. The molecule has 2 rings (SSSR count). The van der Waals surface area contributed by atoms with Crippen molar-refractivity contribution in [1.82, 2.24) is 5.32 Å². The molecule has 2 N–H and O–H groups in total. The molecule has 0 aromatic heterocycles. The van der Waals surface area contributed by atoms with Crippen LogP contribution in [0.3, 0.4) is 0 Å². The van der Waals surface area contributed by atoms with Crippen molar-refractivity contribution in [2.75, 3.05) is 13.7 Å². The summed E-state index contributed by atoms with van der Waals surface area (Å²) in [6.07, 6.45) is 2.92. The summed E-state index contributed by atoms with van der Waals surface area (Å²) in [4.78, 5) is 11.5. The highest BCUT2D eigenvalue weighted by atomic mass is 35.5. The Morgan fingerprint density at radius 3 is 2.67 bits per heavy atom. The number of esters is 1. The molecular weight excluding hydrogens is 290 g/mol. The van der Waals surface area contributed by atoms with E-state index in [4.69, 9.17) is 16.3 Å². The number of halogens is 1. The van der Waals surface area contributed by atoms with E-state index in [1.807, 2.05) is 18.2 Å². The van der Waals surface area contributed by atoms with E-state index in [1.54, 1.807) is 6.07 Å². The second kappa shape index (κ2) is 7.78. The molecule has 0 saturated heterocycles. The number of aliphatic hydroxyl groups is 1. The fraction of sp³-hybridized carbons (Fsp3) is 0.562. The normalized spacial score (nSPS) is 23.6. The predicted octanol–water partition coefficient (Wildman–Crippen LogP) is 2.69. The van der Waals surface area contributed by atoms with Crippen molar-refractivity contribution >= 4 is 17.6 Å². The molecule has 0 radical (unpaired) electrons. The van der Waals surface area contributed by atoms with Crippen LogP contribution in [0.1, 0.15) is 37.4 Å². The molecule has 21 heavy (non-hydrogen) atoms. The molecule has 0 aliphatic heterocycles. The first-order valence-corrected chi connectivity index (χ1v) is 7.73. The van der Waals surface area contributed by atoms with E-state index in [0.29, 0.717) is 17.6 Å². The zero-order valence-corrected chi connectivity index (χ0v) is 13.0. The first kappa shape index (κ1) is 16.3. The van der Waals surface area contributed by atoms with Crippen LogP contribution in [-0.2, 0) is 9.53 Å². The van der Waals surface area contributed by atoms with Crippen molar-refractivity contribution in [2.45, 2.75) is 37.8 Å². The number of carbonyl (C=O) groups is 1. The van der Waals surface area contributed by atoms with Crippen LogP contribution in [0.25, 0.3) is 0 Å². The summed E-state index contributed by atoms with van der Waals surface area (Å²) >= 11 is 6.07. The van der Waals surface area contributed by atoms with Gasteiger partial charge in [-0.1, -0.05) is 29.8 Å². The molecule has 1 aromatic carbocycles. The third kappa shape index (κ3) is 4.43. The molecule has 5 heteroatoms. The molecule has 1 aliphatic carbocycles. The fourth-order valence-corrected chi connectivity index (χ4v) is 3.10. The molecule has 0 amide bonds. The summed E-state index contributed by atoms with van der Waals surface area (Å²) in [5.74, 6) is -0.0777. The van der Waals surface area contributed by atoms with Gasteiger partial charge in [0, 0.05) is 23.2 Å². The lowest BCUT2D eigenvalue weighted by Gasteiger charge is -2.28. The van der Waals surface area contributed by atoms with Crippen molar-refractivity contribution in [3.8, 4) is 0 Å². The maximum atomic E-state index is 11.5. The largest absolute Gasteiger partial charge is 0.469 e. The van der Waals surface area contributed by atoms with Gasteiger partial charge in [0.1, 0.15) is 0 Å². The van der Waals surface area contributed by atoms with Gasteiger partial charge < -0.3 is 15.2 Å². The Kier molecular flexibility index (Phi) is 6.03. The van der Waals surface area contributed by atoms with Crippen molar-refractivity contribution in [3.63, 3.8) is 0 Å². The summed E-state index contributed by atoms with van der Waals surface area (Å²) in [5, 5.41) is 14.1. The summed E-state index contributed by atoms with van der Waals surface area (Å²) in [7, 11) is 1.44. The highest BCUT2D eigenvalue weighted by Gasteiger charge is 2.27. The number of rotatable bonds is 5. The summed E-state index contributed by atoms with van der Waals surface area (Å²) in [6.45, 7) is 0.470. The van der Waals surface area contributed by atoms with Gasteiger partial charge in [0.2, 0.25) is 0 Å². The minimum absolute atomic E-state index is 0.0292. The van der Waals surface area contributed by atoms with Gasteiger partial charge >= 0.3 is 5.97 Å². The quantitative estimate of drug-likeness (QED) is 0.821. The minimum atomic E-state index is -0.614. The van der Waals surface area contributed by atoms with Crippen LogP contribution in [0, 0.1) is 5.92 Å². The Hall–Kier alpha value is -1.10. The van der Waals surface area contributed by atoms with Crippen LogP contribution in [0.5, 0.6) is 0 Å². The van der Waals surface area contributed by atoms with Gasteiger partial charge in [-0.05, 0) is 31.7 Å². The van der Waals surface area contributed by atoms with E-state index in [2.05, 4.69) is 5.32 Å². The van der Waals surface area contributed by atoms with Gasteiger partial charge in [-0.3, -0.25) is 4.79 Å². The number of benzene rings is 1. The highest BCUT2D eigenvalue weighted by Crippen LogP contribution is 2.26. The SMILES string of the molecule is COC(=O)C1CCC(NC[C@H](O)c2ccccc2Cl)CC1. The third-order valence-electron chi connectivity index (χ3n) is 4.13. The molecule has 1 atom stereocenters. The second-order valence-electron chi connectivity index (χ2n) is 5.52. The van der Waals surface area contributed by atoms with E-state index in [0.717, 1.165) is 31.2 Å². The van der Waals surface area contributed by atoms with Gasteiger partial charge in [-0.25, -0.2) is 0 Å². The molecule has 0 spiro atoms. The van der Waals surface area contributed by atoms with Crippen LogP contribution < -0.4 is 5.32 Å². The lowest BCUT2D eigenvalue weighted by Crippen LogP contribution is -2.37. The first-order chi connectivity index (χ1) is 10.1. The predicted molar refractivity (Wildman–Crippen MR) is 82.2 cm³/mol. The van der Waals surface area contributed by atoms with Crippen molar-refractivity contribution in [3.05, 3.63) is 34.9 Å². The topological polar surface area (TPSA) is 58.6 Å². The van der Waals surface area contributed by atoms with Gasteiger partial charge in [0.05, 0.1) is 19.1 Å². The lowest BCUT2D eigenvalue weighted by molar-refractivity contribution is -0.146. The van der Waals surface area contributed by atoms with E-state index < -0.39 is 6.10 Å². The molecule has 116 valence electrons. The Bertz CT molecular complexity index is 472. The van der Waals surface area contributed by atoms with Crippen LogP contribution in [0.2, 0.25) is 5.02 Å². The van der Waals surface area contributed by atoms with Crippen LogP contribution in [0.4, 0.5) is 0 Å². The average molecular weight is 312 g/mol. The summed E-state index contributed by atoms with van der Waals surface area (Å²) in [6, 6.07) is 7.67. The highest BCUT2D eigenvalue weighted by molar-refractivity contribution is 6.31. The number of hydrogen-bond acceptors (Lipinski definition) is 4. The van der Waals surface area contributed by atoms with Gasteiger partial charge in [-0.15, -0.1) is 0 Å². The molecular formula is C16H22ClNO3. The van der Waals surface area contributed by atoms with E-state index in [-0.39, 0.29) is 11.9 Å². The van der Waals surface area contributed by atoms with E-state index >= 15 is 0 Å². The average Bonchev–Trinajstić information content (AvgIpc) is 2.52. The smallest absolute Gasteiger partial charge is 0.308 e. The lowest BCUT2D eigenvalue weighted by atomic mass is 9.86. The molecule has 0 unspecified atom stereocenters. The maximum absolute atomic E-state index is 11.5. The number of hydrogen-bond donors (Lipinski definition) is 2. The monoisotopic (exact) mass is 311 g/mol. The van der Waals surface area contributed by atoms with Crippen LogP contribution in [-0.4, -0.2) is 30.8 Å². The molecule has 0 bridgehead atoms. The molecule has 1 saturated carbocycles. The van der Waals surface area contributed by atoms with Gasteiger partial charge in [0.25, 0.3) is 0 Å².